The minimum absolute atomic E-state index is 0.0422. The number of hydrogen-bond donors (Lipinski definition) is 1. The minimum atomic E-state index is -0.122. The van der Waals surface area contributed by atoms with Gasteiger partial charge in [-0.3, -0.25) is 4.98 Å². The average Bonchev–Trinajstić information content (AvgIpc) is 3.17. The van der Waals surface area contributed by atoms with Crippen molar-refractivity contribution in [2.75, 3.05) is 45.0 Å². The van der Waals surface area contributed by atoms with Crippen LogP contribution < -0.4 is 10.2 Å². The molecule has 2 atom stereocenters. The lowest BCUT2D eigenvalue weighted by Gasteiger charge is -2.27. The van der Waals surface area contributed by atoms with Gasteiger partial charge in [-0.2, -0.15) is 0 Å². The second-order valence-electron chi connectivity index (χ2n) is 10.6. The average molecular weight is 551 g/mol. The van der Waals surface area contributed by atoms with Gasteiger partial charge in [0, 0.05) is 64.0 Å². The molecule has 214 valence electrons. The zero-order valence-electron chi connectivity index (χ0n) is 25.5. The standard InChI is InChI=1S/C34H42N6O/c1-9-24-16-29(18-26(34(17-24)41-8)12-14-30-23(4)35-20-27(11-3)37-30)40(7)28-13-15-31-32(19-28)38-33(21-36-31)25(10-2)22-39(5)6/h10,13,15-17,19-20,22,26,34,36H,2,9,11,18,21H2,1,3-8H3/b25-22+. The van der Waals surface area contributed by atoms with Crippen molar-refractivity contribution in [1.82, 2.24) is 14.9 Å². The quantitative estimate of drug-likeness (QED) is 0.311. The number of ether oxygens (including phenoxy) is 1. The van der Waals surface area contributed by atoms with Crippen molar-refractivity contribution in [2.45, 2.75) is 46.1 Å². The third-order valence-corrected chi connectivity index (χ3v) is 7.43. The van der Waals surface area contributed by atoms with Gasteiger partial charge in [0.15, 0.2) is 0 Å². The Morgan fingerprint density at radius 3 is 2.71 bits per heavy atom. The zero-order valence-corrected chi connectivity index (χ0v) is 25.5. The van der Waals surface area contributed by atoms with Gasteiger partial charge >= 0.3 is 0 Å². The summed E-state index contributed by atoms with van der Waals surface area (Å²) < 4.78 is 5.95. The highest BCUT2D eigenvalue weighted by Gasteiger charge is 2.25. The number of benzene rings is 1. The normalized spacial score (nSPS) is 18.4. The van der Waals surface area contributed by atoms with E-state index in [1.165, 1.54) is 11.3 Å². The van der Waals surface area contributed by atoms with Crippen molar-refractivity contribution >= 4 is 22.8 Å². The molecule has 7 heteroatoms. The van der Waals surface area contributed by atoms with Crippen LogP contribution in [0.2, 0.25) is 0 Å². The SMILES string of the molecule is C=C/C(=C\N(C)C)C1=Nc2cc(N(C)C3=CC(CC)=CC(OC)C(C#Cc4nc(CC)cnc4C)C3)ccc2NC1. The van der Waals surface area contributed by atoms with Crippen LogP contribution in [0.3, 0.4) is 0 Å². The molecule has 0 fully saturated rings. The summed E-state index contributed by atoms with van der Waals surface area (Å²) in [7, 11) is 7.88. The Labute approximate surface area is 245 Å². The van der Waals surface area contributed by atoms with Gasteiger partial charge < -0.3 is 19.9 Å². The second kappa shape index (κ2) is 13.5. The van der Waals surface area contributed by atoms with Crippen molar-refractivity contribution in [1.29, 1.82) is 0 Å². The molecule has 1 N–H and O–H groups in total. The molecule has 1 aliphatic carbocycles. The lowest BCUT2D eigenvalue weighted by Crippen LogP contribution is -2.24. The number of nitrogens with one attached hydrogen (secondary N) is 1. The van der Waals surface area contributed by atoms with Gasteiger partial charge in [0.1, 0.15) is 5.69 Å². The van der Waals surface area contributed by atoms with E-state index < -0.39 is 0 Å². The molecule has 41 heavy (non-hydrogen) atoms. The number of anilines is 2. The molecule has 0 bridgehead atoms. The van der Waals surface area contributed by atoms with Gasteiger partial charge in [-0.05, 0) is 55.5 Å². The molecule has 2 unspecified atom stereocenters. The lowest BCUT2D eigenvalue weighted by atomic mass is 9.97. The van der Waals surface area contributed by atoms with E-state index in [1.807, 2.05) is 44.4 Å². The third kappa shape index (κ3) is 7.14. The van der Waals surface area contributed by atoms with Crippen LogP contribution >= 0.6 is 0 Å². The molecule has 2 aromatic rings. The molecule has 0 saturated heterocycles. The van der Waals surface area contributed by atoms with E-state index in [0.29, 0.717) is 6.54 Å². The summed E-state index contributed by atoms with van der Waals surface area (Å²) in [6, 6.07) is 6.39. The summed E-state index contributed by atoms with van der Waals surface area (Å²) in [6.07, 6.45) is 12.6. The fourth-order valence-electron chi connectivity index (χ4n) is 4.93. The van der Waals surface area contributed by atoms with Crippen LogP contribution in [0.4, 0.5) is 17.1 Å². The maximum Gasteiger partial charge on any atom is 0.134 e. The second-order valence-corrected chi connectivity index (χ2v) is 10.6. The van der Waals surface area contributed by atoms with Gasteiger partial charge in [0.05, 0.1) is 47.0 Å². The smallest absolute Gasteiger partial charge is 0.134 e. The van der Waals surface area contributed by atoms with E-state index in [2.05, 4.69) is 84.9 Å². The van der Waals surface area contributed by atoms with Crippen LogP contribution in [0.25, 0.3) is 0 Å². The molecule has 1 aliphatic heterocycles. The zero-order chi connectivity index (χ0) is 29.5. The predicted molar refractivity (Wildman–Crippen MR) is 171 cm³/mol. The molecule has 0 amide bonds. The lowest BCUT2D eigenvalue weighted by molar-refractivity contribution is 0.110. The summed E-state index contributed by atoms with van der Waals surface area (Å²) >= 11 is 0. The van der Waals surface area contributed by atoms with Crippen molar-refractivity contribution in [3.05, 3.63) is 89.3 Å². The van der Waals surface area contributed by atoms with Crippen LogP contribution in [-0.2, 0) is 11.2 Å². The maximum absolute atomic E-state index is 5.95. The molecule has 1 aromatic carbocycles. The predicted octanol–water partition coefficient (Wildman–Crippen LogP) is 6.22. The molecule has 4 rings (SSSR count). The summed E-state index contributed by atoms with van der Waals surface area (Å²) in [5.41, 5.74) is 9.91. The van der Waals surface area contributed by atoms with Crippen molar-refractivity contribution < 1.29 is 4.74 Å². The number of aromatic nitrogens is 2. The summed E-state index contributed by atoms with van der Waals surface area (Å²) in [5, 5.41) is 3.51. The molecule has 0 saturated carbocycles. The Morgan fingerprint density at radius 2 is 2.02 bits per heavy atom. The maximum atomic E-state index is 5.95. The number of methoxy groups -OCH3 is 1. The first-order valence-corrected chi connectivity index (χ1v) is 14.2. The molecule has 0 radical (unpaired) electrons. The Kier molecular flexibility index (Phi) is 9.80. The van der Waals surface area contributed by atoms with E-state index in [1.54, 1.807) is 7.11 Å². The van der Waals surface area contributed by atoms with Gasteiger partial charge in [0.2, 0.25) is 0 Å². The molecule has 7 nitrogen and oxygen atoms in total. The number of rotatable bonds is 8. The van der Waals surface area contributed by atoms with Gasteiger partial charge in [-0.1, -0.05) is 38.5 Å². The number of aryl methyl sites for hydroxylation is 2. The Balaban J connectivity index is 1.67. The van der Waals surface area contributed by atoms with Crippen molar-refractivity contribution in [3.63, 3.8) is 0 Å². The van der Waals surface area contributed by atoms with Gasteiger partial charge in [0.25, 0.3) is 0 Å². The van der Waals surface area contributed by atoms with Crippen molar-refractivity contribution in [3.8, 4) is 11.8 Å². The third-order valence-electron chi connectivity index (χ3n) is 7.43. The van der Waals surface area contributed by atoms with E-state index in [-0.39, 0.29) is 12.0 Å². The Bertz CT molecular complexity index is 1470. The van der Waals surface area contributed by atoms with Crippen LogP contribution in [0.15, 0.2) is 77.2 Å². The first-order valence-electron chi connectivity index (χ1n) is 14.2. The first kappa shape index (κ1) is 29.8. The molecule has 2 aliphatic rings. The van der Waals surface area contributed by atoms with Crippen molar-refractivity contribution in [2.24, 2.45) is 10.9 Å². The minimum Gasteiger partial charge on any atom is -0.383 e. The highest BCUT2D eigenvalue weighted by Crippen LogP contribution is 2.36. The van der Waals surface area contributed by atoms with Crippen LogP contribution in [-0.4, -0.2) is 61.5 Å². The van der Waals surface area contributed by atoms with Gasteiger partial charge in [-0.25, -0.2) is 9.98 Å². The van der Waals surface area contributed by atoms with E-state index in [0.717, 1.165) is 64.7 Å². The Hall–Kier alpha value is -4.15. The van der Waals surface area contributed by atoms with Gasteiger partial charge in [-0.15, -0.1) is 0 Å². The number of hydrogen-bond acceptors (Lipinski definition) is 7. The van der Waals surface area contributed by atoms with E-state index in [4.69, 9.17) is 14.7 Å². The highest BCUT2D eigenvalue weighted by molar-refractivity contribution is 6.08. The molecule has 1 aromatic heterocycles. The largest absolute Gasteiger partial charge is 0.383 e. The number of aliphatic imine (C=N–C) groups is 1. The fraction of sp³-hybridized carbons (Fsp3) is 0.382. The topological polar surface area (TPSA) is 65.9 Å². The van der Waals surface area contributed by atoms with Crippen LogP contribution in [0.5, 0.6) is 0 Å². The monoisotopic (exact) mass is 550 g/mol. The number of nitrogens with zero attached hydrogens (tertiary/aromatic N) is 5. The Morgan fingerprint density at radius 1 is 1.22 bits per heavy atom. The van der Waals surface area contributed by atoms with Crippen LogP contribution in [0.1, 0.15) is 43.8 Å². The number of allylic oxidation sites excluding steroid dienone is 4. The fourth-order valence-corrected chi connectivity index (χ4v) is 4.93. The van der Waals surface area contributed by atoms with E-state index >= 15 is 0 Å². The highest BCUT2D eigenvalue weighted by atomic mass is 16.5. The molecule has 2 heterocycles. The first-order chi connectivity index (χ1) is 19.8. The molecule has 0 spiro atoms. The number of fused-ring (bicyclic) bond motifs is 1. The summed E-state index contributed by atoms with van der Waals surface area (Å²) in [5.74, 6) is 6.79. The van der Waals surface area contributed by atoms with E-state index in [9.17, 15) is 0 Å². The summed E-state index contributed by atoms with van der Waals surface area (Å²) in [6.45, 7) is 10.9. The summed E-state index contributed by atoms with van der Waals surface area (Å²) in [4.78, 5) is 18.5. The van der Waals surface area contributed by atoms with Crippen LogP contribution in [0, 0.1) is 24.7 Å². The molecular weight excluding hydrogens is 508 g/mol. The molecular formula is C34H42N6O.